The number of rotatable bonds is 3. The van der Waals surface area contributed by atoms with E-state index in [0.717, 1.165) is 16.5 Å². The molecular formula is C13H18N2O. The smallest absolute Gasteiger partial charge is 0.0962 e. The van der Waals surface area contributed by atoms with Crippen molar-refractivity contribution in [3.8, 4) is 0 Å². The number of nitrogens with one attached hydrogen (secondary N) is 1. The zero-order chi connectivity index (χ0) is 11.7. The first kappa shape index (κ1) is 11.2. The standard InChI is InChI=1S/C13H18N2O/c1-9(15(2)3)13(16)11-8-14-12-7-5-4-6-10(11)12/h4-9,13-14,16H,1-3H3/t9-,13?/m1/s1. The number of aliphatic hydroxyl groups is 1. The quantitative estimate of drug-likeness (QED) is 0.828. The van der Waals surface area contributed by atoms with E-state index < -0.39 is 6.10 Å². The number of benzene rings is 1. The van der Waals surface area contributed by atoms with E-state index in [0.29, 0.717) is 0 Å². The molecule has 0 radical (unpaired) electrons. The van der Waals surface area contributed by atoms with Crippen LogP contribution >= 0.6 is 0 Å². The van der Waals surface area contributed by atoms with Crippen molar-refractivity contribution in [2.24, 2.45) is 0 Å². The summed E-state index contributed by atoms with van der Waals surface area (Å²) in [6.45, 7) is 2.02. The molecule has 0 spiro atoms. The number of fused-ring (bicyclic) bond motifs is 1. The summed E-state index contributed by atoms with van der Waals surface area (Å²) < 4.78 is 0. The molecule has 0 aliphatic rings. The molecule has 16 heavy (non-hydrogen) atoms. The number of aromatic nitrogens is 1. The van der Waals surface area contributed by atoms with E-state index in [2.05, 4.69) is 4.98 Å². The predicted molar refractivity (Wildman–Crippen MR) is 66.4 cm³/mol. The van der Waals surface area contributed by atoms with Crippen molar-refractivity contribution in [3.05, 3.63) is 36.0 Å². The number of aromatic amines is 1. The molecule has 2 rings (SSSR count). The maximum absolute atomic E-state index is 10.3. The lowest BCUT2D eigenvalue weighted by molar-refractivity contribution is 0.0870. The molecule has 0 saturated heterocycles. The van der Waals surface area contributed by atoms with Gasteiger partial charge in [0.15, 0.2) is 0 Å². The second kappa shape index (κ2) is 4.28. The zero-order valence-corrected chi connectivity index (χ0v) is 9.94. The fourth-order valence-corrected chi connectivity index (χ4v) is 1.88. The number of hydrogen-bond donors (Lipinski definition) is 2. The Morgan fingerprint density at radius 2 is 1.94 bits per heavy atom. The lowest BCUT2D eigenvalue weighted by atomic mass is 10.0. The topological polar surface area (TPSA) is 39.3 Å². The summed E-state index contributed by atoms with van der Waals surface area (Å²) >= 11 is 0. The van der Waals surface area contributed by atoms with Crippen LogP contribution in [0.1, 0.15) is 18.6 Å². The predicted octanol–water partition coefficient (Wildman–Crippen LogP) is 2.15. The van der Waals surface area contributed by atoms with Gasteiger partial charge in [-0.1, -0.05) is 18.2 Å². The van der Waals surface area contributed by atoms with Crippen molar-refractivity contribution < 1.29 is 5.11 Å². The molecule has 2 atom stereocenters. The van der Waals surface area contributed by atoms with Crippen molar-refractivity contribution in [1.82, 2.24) is 9.88 Å². The molecule has 2 aromatic rings. The molecule has 0 aliphatic carbocycles. The molecule has 0 saturated carbocycles. The molecule has 0 aliphatic heterocycles. The Kier molecular flexibility index (Phi) is 2.99. The third-order valence-electron chi connectivity index (χ3n) is 3.21. The van der Waals surface area contributed by atoms with Gasteiger partial charge in [-0.3, -0.25) is 0 Å². The van der Waals surface area contributed by atoms with Crippen LogP contribution in [-0.2, 0) is 0 Å². The highest BCUT2D eigenvalue weighted by molar-refractivity contribution is 5.83. The molecule has 0 bridgehead atoms. The van der Waals surface area contributed by atoms with Gasteiger partial charge in [-0.2, -0.15) is 0 Å². The molecule has 1 unspecified atom stereocenters. The van der Waals surface area contributed by atoms with Gasteiger partial charge < -0.3 is 15.0 Å². The molecular weight excluding hydrogens is 200 g/mol. The van der Waals surface area contributed by atoms with Crippen molar-refractivity contribution in [2.45, 2.75) is 19.1 Å². The Bertz CT molecular complexity index is 475. The number of aliphatic hydroxyl groups excluding tert-OH is 1. The fraction of sp³-hybridized carbons (Fsp3) is 0.385. The number of nitrogens with zero attached hydrogens (tertiary/aromatic N) is 1. The Hall–Kier alpha value is -1.32. The van der Waals surface area contributed by atoms with Crippen LogP contribution in [0, 0.1) is 0 Å². The van der Waals surface area contributed by atoms with Crippen molar-refractivity contribution >= 4 is 10.9 Å². The average molecular weight is 218 g/mol. The third-order valence-corrected chi connectivity index (χ3v) is 3.21. The van der Waals surface area contributed by atoms with Crippen LogP contribution in [0.4, 0.5) is 0 Å². The van der Waals surface area contributed by atoms with Crippen LogP contribution in [0.25, 0.3) is 10.9 Å². The summed E-state index contributed by atoms with van der Waals surface area (Å²) in [6, 6.07) is 8.13. The molecule has 86 valence electrons. The highest BCUT2D eigenvalue weighted by atomic mass is 16.3. The lowest BCUT2D eigenvalue weighted by Gasteiger charge is -2.25. The minimum atomic E-state index is -0.467. The van der Waals surface area contributed by atoms with Crippen LogP contribution in [0.3, 0.4) is 0 Å². The Labute approximate surface area is 95.7 Å². The normalized spacial score (nSPS) is 15.6. The number of para-hydroxylation sites is 1. The molecule has 3 nitrogen and oxygen atoms in total. The van der Waals surface area contributed by atoms with Crippen molar-refractivity contribution in [2.75, 3.05) is 14.1 Å². The third kappa shape index (κ3) is 1.84. The van der Waals surface area contributed by atoms with Gasteiger partial charge in [-0.25, -0.2) is 0 Å². The molecule has 1 aromatic heterocycles. The van der Waals surface area contributed by atoms with Crippen LogP contribution < -0.4 is 0 Å². The summed E-state index contributed by atoms with van der Waals surface area (Å²) in [4.78, 5) is 5.20. The number of H-pyrrole nitrogens is 1. The summed E-state index contributed by atoms with van der Waals surface area (Å²) in [5.74, 6) is 0. The minimum Gasteiger partial charge on any atom is -0.387 e. The van der Waals surface area contributed by atoms with Crippen LogP contribution in [-0.4, -0.2) is 35.1 Å². The van der Waals surface area contributed by atoms with Crippen LogP contribution in [0.5, 0.6) is 0 Å². The van der Waals surface area contributed by atoms with E-state index in [4.69, 9.17) is 0 Å². The first-order chi connectivity index (χ1) is 7.61. The monoisotopic (exact) mass is 218 g/mol. The van der Waals surface area contributed by atoms with Crippen molar-refractivity contribution in [3.63, 3.8) is 0 Å². The average Bonchev–Trinajstić information content (AvgIpc) is 2.70. The number of hydrogen-bond acceptors (Lipinski definition) is 2. The summed E-state index contributed by atoms with van der Waals surface area (Å²) in [5.41, 5.74) is 2.04. The van der Waals surface area contributed by atoms with Gasteiger partial charge >= 0.3 is 0 Å². The van der Waals surface area contributed by atoms with Gasteiger partial charge in [-0.05, 0) is 27.1 Å². The van der Waals surface area contributed by atoms with Crippen LogP contribution in [0.2, 0.25) is 0 Å². The SMILES string of the molecule is C[C@H](C(O)c1c[nH]c2ccccc12)N(C)C. The second-order valence-electron chi connectivity index (χ2n) is 4.44. The molecule has 1 heterocycles. The molecule has 3 heteroatoms. The highest BCUT2D eigenvalue weighted by Gasteiger charge is 2.20. The Morgan fingerprint density at radius 3 is 2.62 bits per heavy atom. The van der Waals surface area contributed by atoms with E-state index >= 15 is 0 Å². The Morgan fingerprint density at radius 1 is 1.25 bits per heavy atom. The summed E-state index contributed by atoms with van der Waals surface area (Å²) in [7, 11) is 3.95. The van der Waals surface area contributed by atoms with E-state index in [1.54, 1.807) is 0 Å². The first-order valence-electron chi connectivity index (χ1n) is 5.51. The first-order valence-corrected chi connectivity index (χ1v) is 5.51. The fourth-order valence-electron chi connectivity index (χ4n) is 1.88. The van der Waals surface area contributed by atoms with Gasteiger partial charge in [-0.15, -0.1) is 0 Å². The number of likely N-dealkylation sites (N-methyl/N-ethyl adjacent to an activating group) is 1. The molecule has 0 fully saturated rings. The minimum absolute atomic E-state index is 0.0965. The van der Waals surface area contributed by atoms with Crippen LogP contribution in [0.15, 0.2) is 30.5 Å². The maximum Gasteiger partial charge on any atom is 0.0962 e. The second-order valence-corrected chi connectivity index (χ2v) is 4.44. The maximum atomic E-state index is 10.3. The Balaban J connectivity index is 2.40. The summed E-state index contributed by atoms with van der Waals surface area (Å²) in [5, 5.41) is 11.4. The largest absolute Gasteiger partial charge is 0.387 e. The van der Waals surface area contributed by atoms with Crippen molar-refractivity contribution in [1.29, 1.82) is 0 Å². The highest BCUT2D eigenvalue weighted by Crippen LogP contribution is 2.27. The van der Waals surface area contributed by atoms with E-state index in [9.17, 15) is 5.11 Å². The van der Waals surface area contributed by atoms with Gasteiger partial charge in [0.1, 0.15) is 0 Å². The molecule has 0 amide bonds. The van der Waals surface area contributed by atoms with Gasteiger partial charge in [0.05, 0.1) is 6.10 Å². The van der Waals surface area contributed by atoms with Gasteiger partial charge in [0.25, 0.3) is 0 Å². The van der Waals surface area contributed by atoms with E-state index in [1.807, 2.05) is 56.4 Å². The van der Waals surface area contributed by atoms with E-state index in [-0.39, 0.29) is 6.04 Å². The molecule has 1 aromatic carbocycles. The molecule has 2 N–H and O–H groups in total. The van der Waals surface area contributed by atoms with Gasteiger partial charge in [0, 0.05) is 28.7 Å². The van der Waals surface area contributed by atoms with E-state index in [1.165, 1.54) is 0 Å². The van der Waals surface area contributed by atoms with Gasteiger partial charge in [0.2, 0.25) is 0 Å². The lowest BCUT2D eigenvalue weighted by Crippen LogP contribution is -2.30. The zero-order valence-electron chi connectivity index (χ0n) is 9.94. The summed E-state index contributed by atoms with van der Waals surface area (Å²) in [6.07, 6.45) is 1.43.